The van der Waals surface area contributed by atoms with Gasteiger partial charge in [-0.15, -0.1) is 0 Å². The van der Waals surface area contributed by atoms with Crippen LogP contribution in [0, 0.1) is 0 Å². The van der Waals surface area contributed by atoms with Crippen molar-refractivity contribution in [3.63, 3.8) is 0 Å². The molecule has 0 aliphatic rings. The van der Waals surface area contributed by atoms with Crippen LogP contribution in [-0.2, 0) is 6.42 Å². The summed E-state index contributed by atoms with van der Waals surface area (Å²) >= 11 is 1.91. The fourth-order valence-electron chi connectivity index (χ4n) is 2.54. The molecular weight excluding hydrogens is 369 g/mol. The minimum absolute atomic E-state index is 0.163. The van der Waals surface area contributed by atoms with E-state index in [1.54, 1.807) is 11.3 Å². The summed E-state index contributed by atoms with van der Waals surface area (Å²) in [5.74, 6) is 0. The van der Waals surface area contributed by atoms with Gasteiger partial charge in [-0.25, -0.2) is 0 Å². The van der Waals surface area contributed by atoms with Gasteiger partial charge in [0, 0.05) is 0 Å². The standard InChI is InChI=1S/C19H19NOSSe/c1-2-12-19(21,13-15-8-4-3-5-9-15)14-23-18-20-16-10-6-7-11-17(16)22-18/h2-11,21H,1,12-14H2. The Morgan fingerprint density at radius 1 is 1.13 bits per heavy atom. The molecule has 0 aliphatic carbocycles. The van der Waals surface area contributed by atoms with E-state index < -0.39 is 5.60 Å². The molecule has 2 aromatic carbocycles. The summed E-state index contributed by atoms with van der Waals surface area (Å²) in [6.07, 6.45) is 3.08. The number of nitrogens with zero attached hydrogens (tertiary/aromatic N) is 1. The van der Waals surface area contributed by atoms with E-state index in [1.807, 2.05) is 42.5 Å². The topological polar surface area (TPSA) is 33.1 Å². The number of benzene rings is 2. The predicted octanol–water partition coefficient (Wildman–Crippen LogP) is 3.59. The number of para-hydroxylation sites is 1. The molecule has 3 rings (SSSR count). The van der Waals surface area contributed by atoms with Crippen LogP contribution in [0.5, 0.6) is 0 Å². The van der Waals surface area contributed by atoms with Crippen molar-refractivity contribution < 1.29 is 5.11 Å². The molecule has 118 valence electrons. The zero-order valence-corrected chi connectivity index (χ0v) is 15.3. The average Bonchev–Trinajstić information content (AvgIpc) is 2.97. The molecule has 4 heteroatoms. The van der Waals surface area contributed by atoms with Gasteiger partial charge in [-0.2, -0.15) is 0 Å². The Bertz CT molecular complexity index is 753. The summed E-state index contributed by atoms with van der Waals surface area (Å²) in [6, 6.07) is 18.4. The SMILES string of the molecule is C=CCC(O)(C[Se]c1nc2ccccc2s1)Cc1ccccc1. The molecule has 1 aromatic heterocycles. The van der Waals surface area contributed by atoms with Crippen LogP contribution in [-0.4, -0.2) is 30.6 Å². The van der Waals surface area contributed by atoms with E-state index in [0.717, 1.165) is 20.3 Å². The molecule has 0 bridgehead atoms. The third-order valence-electron chi connectivity index (χ3n) is 3.64. The number of rotatable bonds is 7. The zero-order chi connectivity index (χ0) is 16.1. The maximum absolute atomic E-state index is 11.0. The Hall–Kier alpha value is -1.45. The van der Waals surface area contributed by atoms with Gasteiger partial charge in [0.05, 0.1) is 0 Å². The third-order valence-corrected chi connectivity index (χ3v) is 7.75. The van der Waals surface area contributed by atoms with E-state index >= 15 is 0 Å². The molecule has 23 heavy (non-hydrogen) atoms. The van der Waals surface area contributed by atoms with Crippen molar-refractivity contribution in [1.29, 1.82) is 0 Å². The maximum atomic E-state index is 11.0. The number of hydrogen-bond donors (Lipinski definition) is 1. The first-order valence-electron chi connectivity index (χ1n) is 7.54. The van der Waals surface area contributed by atoms with Crippen LogP contribution in [0.25, 0.3) is 10.2 Å². The molecule has 1 N–H and O–H groups in total. The van der Waals surface area contributed by atoms with E-state index in [2.05, 4.69) is 24.8 Å². The Kier molecular flexibility index (Phi) is 5.29. The van der Waals surface area contributed by atoms with Crippen molar-refractivity contribution >= 4 is 40.4 Å². The van der Waals surface area contributed by atoms with Crippen molar-refractivity contribution in [2.75, 3.05) is 0 Å². The molecule has 0 amide bonds. The van der Waals surface area contributed by atoms with Crippen LogP contribution in [0.15, 0.2) is 67.3 Å². The average molecular weight is 388 g/mol. The summed E-state index contributed by atoms with van der Waals surface area (Å²) < 4.78 is 2.37. The second-order valence-electron chi connectivity index (χ2n) is 5.62. The first-order valence-corrected chi connectivity index (χ1v) is 10.4. The van der Waals surface area contributed by atoms with E-state index in [9.17, 15) is 5.11 Å². The van der Waals surface area contributed by atoms with Crippen molar-refractivity contribution in [3.8, 4) is 0 Å². The Balaban J connectivity index is 1.72. The van der Waals surface area contributed by atoms with Crippen LogP contribution >= 0.6 is 11.3 Å². The van der Waals surface area contributed by atoms with Gasteiger partial charge in [0.15, 0.2) is 0 Å². The summed E-state index contributed by atoms with van der Waals surface area (Å²) in [5.41, 5.74) is 1.49. The van der Waals surface area contributed by atoms with E-state index in [1.165, 1.54) is 4.70 Å². The minimum atomic E-state index is -0.735. The van der Waals surface area contributed by atoms with Gasteiger partial charge in [0.1, 0.15) is 0 Å². The molecule has 2 nitrogen and oxygen atoms in total. The van der Waals surface area contributed by atoms with Gasteiger partial charge in [0.25, 0.3) is 0 Å². The molecule has 0 saturated carbocycles. The van der Waals surface area contributed by atoms with Gasteiger partial charge < -0.3 is 0 Å². The van der Waals surface area contributed by atoms with Crippen LogP contribution in [0.1, 0.15) is 12.0 Å². The number of thiazole rings is 1. The first-order chi connectivity index (χ1) is 11.2. The van der Waals surface area contributed by atoms with E-state index in [4.69, 9.17) is 4.98 Å². The summed E-state index contributed by atoms with van der Waals surface area (Å²) in [5, 5.41) is 11.8. The van der Waals surface area contributed by atoms with E-state index in [-0.39, 0.29) is 15.0 Å². The predicted molar refractivity (Wildman–Crippen MR) is 99.7 cm³/mol. The molecule has 0 aliphatic heterocycles. The molecule has 3 aromatic rings. The molecule has 1 unspecified atom stereocenters. The molecule has 0 radical (unpaired) electrons. The van der Waals surface area contributed by atoms with Crippen LogP contribution in [0.4, 0.5) is 0 Å². The van der Waals surface area contributed by atoms with Crippen LogP contribution < -0.4 is 3.91 Å². The van der Waals surface area contributed by atoms with Crippen molar-refractivity contribution in [1.82, 2.24) is 4.98 Å². The molecule has 1 atom stereocenters. The van der Waals surface area contributed by atoms with Crippen molar-refractivity contribution in [2.24, 2.45) is 0 Å². The van der Waals surface area contributed by atoms with Crippen molar-refractivity contribution in [3.05, 3.63) is 72.8 Å². The number of hydrogen-bond acceptors (Lipinski definition) is 3. The van der Waals surface area contributed by atoms with Gasteiger partial charge in [-0.1, -0.05) is 0 Å². The molecule has 0 spiro atoms. The molecular formula is C19H19NOSSe. The van der Waals surface area contributed by atoms with Gasteiger partial charge >= 0.3 is 147 Å². The zero-order valence-electron chi connectivity index (χ0n) is 12.8. The van der Waals surface area contributed by atoms with Crippen molar-refractivity contribution in [2.45, 2.75) is 23.8 Å². The van der Waals surface area contributed by atoms with Crippen LogP contribution in [0.2, 0.25) is 5.32 Å². The fourth-order valence-corrected chi connectivity index (χ4v) is 6.16. The van der Waals surface area contributed by atoms with Gasteiger partial charge in [-0.05, 0) is 0 Å². The number of aromatic nitrogens is 1. The Labute approximate surface area is 147 Å². The molecule has 0 saturated heterocycles. The monoisotopic (exact) mass is 389 g/mol. The quantitative estimate of drug-likeness (QED) is 0.496. The third kappa shape index (κ3) is 4.30. The number of fused-ring (bicyclic) bond motifs is 1. The van der Waals surface area contributed by atoms with Gasteiger partial charge in [-0.3, -0.25) is 0 Å². The summed E-state index contributed by atoms with van der Waals surface area (Å²) in [4.78, 5) is 4.69. The summed E-state index contributed by atoms with van der Waals surface area (Å²) in [6.45, 7) is 3.81. The fraction of sp³-hybridized carbons (Fsp3) is 0.211. The summed E-state index contributed by atoms with van der Waals surface area (Å²) in [7, 11) is 0. The Morgan fingerprint density at radius 3 is 2.61 bits per heavy atom. The second kappa shape index (κ2) is 7.41. The second-order valence-corrected chi connectivity index (χ2v) is 9.25. The van der Waals surface area contributed by atoms with Gasteiger partial charge in [0.2, 0.25) is 0 Å². The molecule has 0 fully saturated rings. The molecule has 1 heterocycles. The Morgan fingerprint density at radius 2 is 1.87 bits per heavy atom. The van der Waals surface area contributed by atoms with Crippen LogP contribution in [0.3, 0.4) is 0 Å². The normalized spacial score (nSPS) is 13.8. The first kappa shape index (κ1) is 16.4. The number of aliphatic hydroxyl groups is 1. The van der Waals surface area contributed by atoms with E-state index in [0.29, 0.717) is 12.8 Å².